The van der Waals surface area contributed by atoms with Crippen LogP contribution in [0.4, 0.5) is 10.5 Å². The average molecular weight is 576 g/mol. The number of likely N-dealkylation sites (tertiary alicyclic amines) is 1. The average Bonchev–Trinajstić information content (AvgIpc) is 3.32. The molecule has 0 saturated carbocycles. The van der Waals surface area contributed by atoms with E-state index < -0.39 is 11.7 Å². The lowest BCUT2D eigenvalue weighted by Crippen LogP contribution is -2.41. The molecule has 9 heteroatoms. The number of halogens is 1. The van der Waals surface area contributed by atoms with Gasteiger partial charge in [0.15, 0.2) is 0 Å². The molecule has 0 aromatic heterocycles. The van der Waals surface area contributed by atoms with E-state index in [2.05, 4.69) is 10.6 Å². The van der Waals surface area contributed by atoms with Crippen LogP contribution in [0.3, 0.4) is 0 Å². The van der Waals surface area contributed by atoms with Gasteiger partial charge < -0.3 is 25.0 Å². The fourth-order valence-corrected chi connectivity index (χ4v) is 5.44. The number of carbonyl (C=O) groups excluding carboxylic acids is 3. The maximum Gasteiger partial charge on any atom is 0.407 e. The Morgan fingerprint density at radius 2 is 1.80 bits per heavy atom. The molecule has 1 atom stereocenters. The molecule has 1 saturated heterocycles. The van der Waals surface area contributed by atoms with Gasteiger partial charge in [0.1, 0.15) is 11.4 Å². The van der Waals surface area contributed by atoms with E-state index in [9.17, 15) is 14.4 Å². The van der Waals surface area contributed by atoms with Gasteiger partial charge in [0.2, 0.25) is 5.91 Å². The third-order valence-corrected chi connectivity index (χ3v) is 7.57. The van der Waals surface area contributed by atoms with Gasteiger partial charge in [-0.25, -0.2) is 4.79 Å². The van der Waals surface area contributed by atoms with Crippen LogP contribution in [0, 0.1) is 0 Å². The van der Waals surface area contributed by atoms with Gasteiger partial charge in [0.05, 0.1) is 24.6 Å². The summed E-state index contributed by atoms with van der Waals surface area (Å²) in [6.07, 6.45) is 0.978. The lowest BCUT2D eigenvalue weighted by molar-refractivity contribution is -0.129. The van der Waals surface area contributed by atoms with Crippen LogP contribution >= 0.6 is 11.6 Å². The first kappa shape index (κ1) is 28.5. The smallest absolute Gasteiger partial charge is 0.407 e. The molecule has 2 heterocycles. The standard InChI is InChI=1S/C32H34ClN3O5/c1-32(2,3)41-31(39)34-24-11-12-36(18-24)29(37)14-19-5-6-22-16-23-15-20(21-8-10-26(33)28(17-21)40-4)7-9-25(23)30(38)35-27(22)13-19/h5-10,13,15,17,24H,11-12,14,16,18H2,1-4H3,(H,34,39)(H,35,38). The molecule has 214 valence electrons. The van der Waals surface area contributed by atoms with Crippen molar-refractivity contribution in [2.45, 2.75) is 51.7 Å². The van der Waals surface area contributed by atoms with Crippen molar-refractivity contribution < 1.29 is 23.9 Å². The zero-order valence-electron chi connectivity index (χ0n) is 23.7. The Kier molecular flexibility index (Phi) is 7.95. The van der Waals surface area contributed by atoms with Gasteiger partial charge >= 0.3 is 6.09 Å². The van der Waals surface area contributed by atoms with Crippen molar-refractivity contribution in [3.63, 3.8) is 0 Å². The highest BCUT2D eigenvalue weighted by atomic mass is 35.5. The predicted molar refractivity (Wildman–Crippen MR) is 159 cm³/mol. The quantitative estimate of drug-likeness (QED) is 0.398. The zero-order chi connectivity index (χ0) is 29.3. The molecule has 0 aliphatic carbocycles. The van der Waals surface area contributed by atoms with Gasteiger partial charge in [-0.05, 0) is 79.3 Å². The number of alkyl carbamates (subject to hydrolysis) is 1. The summed E-state index contributed by atoms with van der Waals surface area (Å²) in [5, 5.41) is 6.42. The van der Waals surface area contributed by atoms with Crippen molar-refractivity contribution in [2.24, 2.45) is 0 Å². The largest absolute Gasteiger partial charge is 0.495 e. The number of anilines is 1. The second-order valence-electron chi connectivity index (χ2n) is 11.5. The molecule has 0 radical (unpaired) electrons. The third-order valence-electron chi connectivity index (χ3n) is 7.25. The number of hydrogen-bond donors (Lipinski definition) is 2. The van der Waals surface area contributed by atoms with E-state index >= 15 is 0 Å². The summed E-state index contributed by atoms with van der Waals surface area (Å²) in [7, 11) is 1.58. The lowest BCUT2D eigenvalue weighted by atomic mass is 9.94. The Labute approximate surface area is 245 Å². The fraction of sp³-hybridized carbons (Fsp3) is 0.344. The summed E-state index contributed by atoms with van der Waals surface area (Å²) in [6, 6.07) is 17.0. The number of benzene rings is 3. The van der Waals surface area contributed by atoms with Crippen LogP contribution in [0.5, 0.6) is 5.75 Å². The Morgan fingerprint density at radius 3 is 2.56 bits per heavy atom. The molecule has 3 aromatic carbocycles. The van der Waals surface area contributed by atoms with E-state index in [0.717, 1.165) is 27.8 Å². The SMILES string of the molecule is COc1cc(-c2ccc3c(c2)Cc2ccc(CC(=O)N4CCC(NC(=O)OC(C)(C)C)C4)cc2NC3=O)ccc1Cl. The second-order valence-corrected chi connectivity index (χ2v) is 11.9. The first-order valence-electron chi connectivity index (χ1n) is 13.7. The van der Waals surface area contributed by atoms with Crippen molar-refractivity contribution in [3.05, 3.63) is 81.9 Å². The molecule has 3 aromatic rings. The van der Waals surface area contributed by atoms with Crippen LogP contribution in [0.15, 0.2) is 54.6 Å². The van der Waals surface area contributed by atoms with Crippen molar-refractivity contribution in [3.8, 4) is 16.9 Å². The van der Waals surface area contributed by atoms with Crippen LogP contribution in [0.25, 0.3) is 11.1 Å². The Hall–Kier alpha value is -4.04. The number of carbonyl (C=O) groups is 3. The van der Waals surface area contributed by atoms with E-state index in [1.165, 1.54) is 0 Å². The molecule has 2 aliphatic rings. The van der Waals surface area contributed by atoms with E-state index in [-0.39, 0.29) is 24.3 Å². The third kappa shape index (κ3) is 6.65. The molecule has 2 aliphatic heterocycles. The number of ether oxygens (including phenoxy) is 2. The molecule has 3 amide bonds. The van der Waals surface area contributed by atoms with Crippen LogP contribution in [0.1, 0.15) is 54.2 Å². The van der Waals surface area contributed by atoms with E-state index in [1.54, 1.807) is 18.1 Å². The monoisotopic (exact) mass is 575 g/mol. The van der Waals surface area contributed by atoms with Crippen LogP contribution < -0.4 is 15.4 Å². The maximum atomic E-state index is 13.1. The molecular weight excluding hydrogens is 542 g/mol. The van der Waals surface area contributed by atoms with E-state index in [4.69, 9.17) is 21.1 Å². The first-order valence-corrected chi connectivity index (χ1v) is 14.0. The molecular formula is C32H34ClN3O5. The minimum Gasteiger partial charge on any atom is -0.495 e. The molecule has 41 heavy (non-hydrogen) atoms. The zero-order valence-corrected chi connectivity index (χ0v) is 24.4. The van der Waals surface area contributed by atoms with Crippen LogP contribution in [-0.2, 0) is 22.4 Å². The summed E-state index contributed by atoms with van der Waals surface area (Å²) in [5.41, 5.74) is 5.35. The number of nitrogens with zero attached hydrogens (tertiary/aromatic N) is 1. The molecule has 1 unspecified atom stereocenters. The van der Waals surface area contributed by atoms with Gasteiger partial charge in [-0.15, -0.1) is 0 Å². The van der Waals surface area contributed by atoms with E-state index in [1.807, 2.05) is 69.3 Å². The number of nitrogens with one attached hydrogen (secondary N) is 2. The topological polar surface area (TPSA) is 97.0 Å². The number of rotatable bonds is 5. The van der Waals surface area contributed by atoms with Crippen LogP contribution in [0.2, 0.25) is 5.02 Å². The van der Waals surface area contributed by atoms with Crippen molar-refractivity contribution in [1.29, 1.82) is 0 Å². The Balaban J connectivity index is 1.27. The van der Waals surface area contributed by atoms with Crippen molar-refractivity contribution in [2.75, 3.05) is 25.5 Å². The number of methoxy groups -OCH3 is 1. The van der Waals surface area contributed by atoms with Crippen molar-refractivity contribution >= 4 is 35.2 Å². The minimum absolute atomic E-state index is 0.0234. The fourth-order valence-electron chi connectivity index (χ4n) is 5.24. The normalized spacial score (nSPS) is 16.3. The van der Waals surface area contributed by atoms with Crippen LogP contribution in [-0.4, -0.2) is 54.6 Å². The predicted octanol–water partition coefficient (Wildman–Crippen LogP) is 5.84. The molecule has 0 spiro atoms. The maximum absolute atomic E-state index is 13.1. The Morgan fingerprint density at radius 1 is 1.05 bits per heavy atom. The number of fused-ring (bicyclic) bond motifs is 2. The molecule has 1 fully saturated rings. The second kappa shape index (κ2) is 11.4. The summed E-state index contributed by atoms with van der Waals surface area (Å²) in [6.45, 7) is 6.45. The number of amides is 3. The van der Waals surface area contributed by atoms with Gasteiger partial charge in [-0.1, -0.05) is 41.9 Å². The van der Waals surface area contributed by atoms with Gasteiger partial charge in [-0.3, -0.25) is 9.59 Å². The molecule has 8 nitrogen and oxygen atoms in total. The summed E-state index contributed by atoms with van der Waals surface area (Å²) in [5.74, 6) is 0.385. The highest BCUT2D eigenvalue weighted by Crippen LogP contribution is 2.34. The van der Waals surface area contributed by atoms with E-state index in [0.29, 0.717) is 48.0 Å². The molecule has 0 bridgehead atoms. The Bertz CT molecular complexity index is 1510. The minimum atomic E-state index is -0.576. The summed E-state index contributed by atoms with van der Waals surface area (Å²) < 4.78 is 10.7. The van der Waals surface area contributed by atoms with Crippen molar-refractivity contribution in [1.82, 2.24) is 10.2 Å². The summed E-state index contributed by atoms with van der Waals surface area (Å²) >= 11 is 6.20. The highest BCUT2D eigenvalue weighted by molar-refractivity contribution is 6.32. The number of hydrogen-bond acceptors (Lipinski definition) is 5. The highest BCUT2D eigenvalue weighted by Gasteiger charge is 2.29. The first-order chi connectivity index (χ1) is 19.5. The van der Waals surface area contributed by atoms with Gasteiger partial charge in [-0.2, -0.15) is 0 Å². The summed E-state index contributed by atoms with van der Waals surface area (Å²) in [4.78, 5) is 40.1. The lowest BCUT2D eigenvalue weighted by Gasteiger charge is -2.22. The van der Waals surface area contributed by atoms with Gasteiger partial charge in [0.25, 0.3) is 5.91 Å². The molecule has 2 N–H and O–H groups in total. The van der Waals surface area contributed by atoms with Gasteiger partial charge in [0, 0.05) is 30.8 Å². The molecule has 5 rings (SSSR count).